The van der Waals surface area contributed by atoms with Crippen LogP contribution in [0, 0.1) is 6.92 Å². The third-order valence-corrected chi connectivity index (χ3v) is 3.97. The molecule has 1 N–H and O–H groups in total. The van der Waals surface area contributed by atoms with Crippen molar-refractivity contribution in [3.8, 4) is 5.88 Å². The number of nitrogens with zero attached hydrogens (tertiary/aromatic N) is 4. The summed E-state index contributed by atoms with van der Waals surface area (Å²) in [4.78, 5) is 22.5. The Morgan fingerprint density at radius 1 is 1.58 bits per heavy atom. The molecule has 1 amide bonds. The van der Waals surface area contributed by atoms with Crippen molar-refractivity contribution >= 4 is 17.5 Å². The number of aryl methyl sites for hydroxylation is 1. The lowest BCUT2D eigenvalue weighted by Gasteiger charge is -2.21. The van der Waals surface area contributed by atoms with Gasteiger partial charge in [-0.25, -0.2) is 4.98 Å². The molecule has 128 valence electrons. The van der Waals surface area contributed by atoms with Crippen molar-refractivity contribution in [2.75, 3.05) is 13.2 Å². The SMILES string of the molecule is CCOc1ncc(C(=O)N2C[C@H](O)C[C@@H]2c2nc(C)no2)cc1Cl. The predicted octanol–water partition coefficient (Wildman–Crippen LogP) is 1.77. The molecule has 8 nitrogen and oxygen atoms in total. The fourth-order valence-electron chi connectivity index (χ4n) is 2.67. The van der Waals surface area contributed by atoms with Gasteiger partial charge in [-0.2, -0.15) is 4.98 Å². The predicted molar refractivity (Wildman–Crippen MR) is 83.9 cm³/mol. The molecule has 1 saturated heterocycles. The van der Waals surface area contributed by atoms with Crippen molar-refractivity contribution in [2.24, 2.45) is 0 Å². The van der Waals surface area contributed by atoms with E-state index in [9.17, 15) is 9.90 Å². The number of halogens is 1. The molecule has 0 spiro atoms. The zero-order valence-electron chi connectivity index (χ0n) is 13.3. The standard InChI is InChI=1S/C15H17ClN4O4/c1-3-23-13-11(16)4-9(6-17-13)15(22)20-7-10(21)5-12(20)14-18-8(2)19-24-14/h4,6,10,12,21H,3,5,7H2,1-2H3/t10-,12-/m1/s1. The molecule has 2 atom stereocenters. The third kappa shape index (κ3) is 3.20. The molecule has 2 aromatic rings. The van der Waals surface area contributed by atoms with Gasteiger partial charge in [-0.1, -0.05) is 16.8 Å². The van der Waals surface area contributed by atoms with Gasteiger partial charge in [0.1, 0.15) is 11.1 Å². The Morgan fingerprint density at radius 2 is 2.38 bits per heavy atom. The van der Waals surface area contributed by atoms with Gasteiger partial charge in [0.05, 0.1) is 18.3 Å². The molecular weight excluding hydrogens is 336 g/mol. The van der Waals surface area contributed by atoms with Crippen molar-refractivity contribution in [3.05, 3.63) is 34.6 Å². The molecule has 0 saturated carbocycles. The van der Waals surface area contributed by atoms with E-state index >= 15 is 0 Å². The molecule has 1 aliphatic heterocycles. The lowest BCUT2D eigenvalue weighted by atomic mass is 10.2. The molecule has 0 aromatic carbocycles. The smallest absolute Gasteiger partial charge is 0.256 e. The zero-order valence-corrected chi connectivity index (χ0v) is 14.0. The fourth-order valence-corrected chi connectivity index (χ4v) is 2.89. The van der Waals surface area contributed by atoms with Crippen LogP contribution in [0.4, 0.5) is 0 Å². The summed E-state index contributed by atoms with van der Waals surface area (Å²) in [6.45, 7) is 4.12. The minimum absolute atomic E-state index is 0.176. The second-order valence-electron chi connectivity index (χ2n) is 5.49. The van der Waals surface area contributed by atoms with E-state index < -0.39 is 12.1 Å². The maximum atomic E-state index is 12.8. The van der Waals surface area contributed by atoms with E-state index in [0.717, 1.165) is 0 Å². The first-order valence-electron chi connectivity index (χ1n) is 7.57. The van der Waals surface area contributed by atoms with Gasteiger partial charge in [0.15, 0.2) is 5.82 Å². The van der Waals surface area contributed by atoms with Gasteiger partial charge in [-0.3, -0.25) is 4.79 Å². The minimum atomic E-state index is -0.655. The van der Waals surface area contributed by atoms with Gasteiger partial charge in [0.25, 0.3) is 5.91 Å². The fraction of sp³-hybridized carbons (Fsp3) is 0.467. The number of amides is 1. The highest BCUT2D eigenvalue weighted by Gasteiger charge is 2.39. The number of ether oxygens (including phenoxy) is 1. The van der Waals surface area contributed by atoms with Gasteiger partial charge < -0.3 is 19.3 Å². The summed E-state index contributed by atoms with van der Waals surface area (Å²) in [7, 11) is 0. The first-order valence-corrected chi connectivity index (χ1v) is 7.95. The largest absolute Gasteiger partial charge is 0.477 e. The Bertz CT molecular complexity index is 751. The van der Waals surface area contributed by atoms with E-state index in [0.29, 0.717) is 30.3 Å². The maximum absolute atomic E-state index is 12.8. The molecular formula is C15H17ClN4O4. The lowest BCUT2D eigenvalue weighted by Crippen LogP contribution is -2.32. The maximum Gasteiger partial charge on any atom is 0.256 e. The summed E-state index contributed by atoms with van der Waals surface area (Å²) >= 11 is 6.10. The monoisotopic (exact) mass is 352 g/mol. The summed E-state index contributed by atoms with van der Waals surface area (Å²) < 4.78 is 10.4. The lowest BCUT2D eigenvalue weighted by molar-refractivity contribution is 0.0693. The number of carbonyl (C=O) groups is 1. The van der Waals surface area contributed by atoms with Crippen LogP contribution in [0.3, 0.4) is 0 Å². The molecule has 0 aliphatic carbocycles. The molecule has 2 aromatic heterocycles. The van der Waals surface area contributed by atoms with Crippen LogP contribution in [0.15, 0.2) is 16.8 Å². The van der Waals surface area contributed by atoms with Gasteiger partial charge in [-0.05, 0) is 19.9 Å². The number of hydrogen-bond donors (Lipinski definition) is 1. The Labute approximate surface area is 143 Å². The molecule has 0 bridgehead atoms. The van der Waals surface area contributed by atoms with Gasteiger partial charge in [0.2, 0.25) is 11.8 Å². The van der Waals surface area contributed by atoms with Crippen LogP contribution in [-0.4, -0.2) is 50.3 Å². The molecule has 3 heterocycles. The summed E-state index contributed by atoms with van der Waals surface area (Å²) in [5, 5.41) is 14.0. The number of rotatable bonds is 4. The van der Waals surface area contributed by atoms with Crippen molar-refractivity contribution < 1.29 is 19.2 Å². The summed E-state index contributed by atoms with van der Waals surface area (Å²) in [5.74, 6) is 0.748. The Kier molecular flexibility index (Phi) is 4.68. The Hall–Kier alpha value is -2.19. The van der Waals surface area contributed by atoms with Crippen molar-refractivity contribution in [1.82, 2.24) is 20.0 Å². The van der Waals surface area contributed by atoms with Gasteiger partial charge >= 0.3 is 0 Å². The number of aliphatic hydroxyl groups excluding tert-OH is 1. The highest BCUT2D eigenvalue weighted by atomic mass is 35.5. The highest BCUT2D eigenvalue weighted by Crippen LogP contribution is 2.33. The first-order chi connectivity index (χ1) is 11.5. The number of carbonyl (C=O) groups excluding carboxylic acids is 1. The average Bonchev–Trinajstić information content (AvgIpc) is 3.14. The number of hydrogen-bond acceptors (Lipinski definition) is 7. The van der Waals surface area contributed by atoms with E-state index in [4.69, 9.17) is 20.9 Å². The quantitative estimate of drug-likeness (QED) is 0.894. The highest BCUT2D eigenvalue weighted by molar-refractivity contribution is 6.32. The van der Waals surface area contributed by atoms with Crippen molar-refractivity contribution in [2.45, 2.75) is 32.4 Å². The van der Waals surface area contributed by atoms with Crippen LogP contribution >= 0.6 is 11.6 Å². The molecule has 9 heteroatoms. The Morgan fingerprint density at radius 3 is 3.00 bits per heavy atom. The molecule has 0 unspecified atom stereocenters. The summed E-state index contributed by atoms with van der Waals surface area (Å²) in [5.41, 5.74) is 0.304. The molecule has 1 fully saturated rings. The number of aliphatic hydroxyl groups is 1. The van der Waals surface area contributed by atoms with E-state index in [2.05, 4.69) is 15.1 Å². The van der Waals surface area contributed by atoms with E-state index in [1.165, 1.54) is 17.2 Å². The van der Waals surface area contributed by atoms with Crippen molar-refractivity contribution in [1.29, 1.82) is 0 Å². The third-order valence-electron chi connectivity index (χ3n) is 3.70. The van der Waals surface area contributed by atoms with Crippen LogP contribution in [0.25, 0.3) is 0 Å². The van der Waals surface area contributed by atoms with Crippen LogP contribution in [-0.2, 0) is 0 Å². The van der Waals surface area contributed by atoms with Crippen molar-refractivity contribution in [3.63, 3.8) is 0 Å². The molecule has 0 radical (unpaired) electrons. The second kappa shape index (κ2) is 6.74. The average molecular weight is 353 g/mol. The van der Waals surface area contributed by atoms with E-state index in [-0.39, 0.29) is 23.4 Å². The number of likely N-dealkylation sites (tertiary alicyclic amines) is 1. The van der Waals surface area contributed by atoms with Crippen LogP contribution in [0.1, 0.15) is 41.5 Å². The topological polar surface area (TPSA) is 102 Å². The van der Waals surface area contributed by atoms with E-state index in [1.54, 1.807) is 6.92 Å². The molecule has 3 rings (SSSR count). The number of β-amino-alcohol motifs (C(OH)–C–C–N with tert-alkyl or cyclic N) is 1. The first kappa shape index (κ1) is 16.7. The molecule has 24 heavy (non-hydrogen) atoms. The van der Waals surface area contributed by atoms with Gasteiger partial charge in [0, 0.05) is 19.2 Å². The summed E-state index contributed by atoms with van der Waals surface area (Å²) in [6, 6.07) is 1.03. The van der Waals surface area contributed by atoms with Gasteiger partial charge in [-0.15, -0.1) is 0 Å². The second-order valence-corrected chi connectivity index (χ2v) is 5.89. The van der Waals surface area contributed by atoms with Crippen LogP contribution in [0.5, 0.6) is 5.88 Å². The molecule has 1 aliphatic rings. The Balaban J connectivity index is 1.86. The summed E-state index contributed by atoms with van der Waals surface area (Å²) in [6.07, 6.45) is 1.09. The number of aromatic nitrogens is 3. The number of pyridine rings is 1. The van der Waals surface area contributed by atoms with E-state index in [1.807, 2.05) is 6.92 Å². The minimum Gasteiger partial charge on any atom is -0.477 e. The zero-order chi connectivity index (χ0) is 17.3. The normalized spacial score (nSPS) is 20.4. The van der Waals surface area contributed by atoms with Crippen LogP contribution in [0.2, 0.25) is 5.02 Å². The van der Waals surface area contributed by atoms with Crippen LogP contribution < -0.4 is 4.74 Å².